The third-order valence-corrected chi connectivity index (χ3v) is 6.12. The first-order chi connectivity index (χ1) is 15.4. The van der Waals surface area contributed by atoms with Crippen LogP contribution in [0, 0.1) is 0 Å². The van der Waals surface area contributed by atoms with Gasteiger partial charge in [0.05, 0.1) is 23.8 Å². The number of hydrogen-bond acceptors (Lipinski definition) is 4. The maximum Gasteiger partial charge on any atom is 0.153 e. The van der Waals surface area contributed by atoms with Gasteiger partial charge in [0, 0.05) is 38.9 Å². The van der Waals surface area contributed by atoms with Crippen molar-refractivity contribution in [2.75, 3.05) is 0 Å². The van der Waals surface area contributed by atoms with E-state index in [4.69, 9.17) is 9.97 Å². The van der Waals surface area contributed by atoms with Crippen molar-refractivity contribution in [2.45, 2.75) is 71.6 Å². The Kier molecular flexibility index (Phi) is 7.06. The molecule has 4 rings (SSSR count). The summed E-state index contributed by atoms with van der Waals surface area (Å²) in [5.74, 6) is 1.60. The third-order valence-electron chi connectivity index (χ3n) is 6.12. The molecule has 6 nitrogen and oxygen atoms in total. The van der Waals surface area contributed by atoms with Gasteiger partial charge in [0.2, 0.25) is 0 Å². The summed E-state index contributed by atoms with van der Waals surface area (Å²) in [6, 6.07) is 12.1. The van der Waals surface area contributed by atoms with Crippen molar-refractivity contribution < 1.29 is 21.1 Å². The van der Waals surface area contributed by atoms with Gasteiger partial charge in [-0.15, -0.1) is 0 Å². The molecule has 0 aliphatic rings. The van der Waals surface area contributed by atoms with E-state index < -0.39 is 5.41 Å². The Balaban J connectivity index is 0.00000324. The molecule has 34 heavy (non-hydrogen) atoms. The van der Waals surface area contributed by atoms with Crippen LogP contribution in [-0.4, -0.2) is 29.5 Å². The van der Waals surface area contributed by atoms with Gasteiger partial charge in [-0.1, -0.05) is 53.7 Å². The molecule has 0 fully saturated rings. The Bertz CT molecular complexity index is 1170. The molecule has 0 saturated heterocycles. The minimum absolute atomic E-state index is 0. The van der Waals surface area contributed by atoms with Gasteiger partial charge in [-0.05, 0) is 60.1 Å². The van der Waals surface area contributed by atoms with Crippen molar-refractivity contribution in [1.29, 1.82) is 0 Å². The minimum atomic E-state index is -0.397. The molecule has 0 radical (unpaired) electrons. The van der Waals surface area contributed by atoms with E-state index in [1.165, 1.54) is 11.1 Å². The van der Waals surface area contributed by atoms with E-state index >= 15 is 0 Å². The molecule has 0 aromatic carbocycles. The maximum atomic E-state index is 4.96. The summed E-state index contributed by atoms with van der Waals surface area (Å²) in [4.78, 5) is 9.93. The second kappa shape index (κ2) is 9.22. The monoisotopic (exact) mass is 637 g/mol. The molecule has 4 aromatic rings. The van der Waals surface area contributed by atoms with Gasteiger partial charge in [-0.2, -0.15) is 10.2 Å². The van der Waals surface area contributed by atoms with Crippen LogP contribution in [0.15, 0.2) is 61.2 Å². The molecule has 0 amide bonds. The van der Waals surface area contributed by atoms with Crippen LogP contribution in [0.2, 0.25) is 0 Å². The fraction of sp³-hybridized carbons (Fsp3) is 0.407. The first kappa shape index (κ1) is 26.0. The second-order valence-electron chi connectivity index (χ2n) is 11.2. The predicted octanol–water partition coefficient (Wildman–Crippen LogP) is 5.77. The van der Waals surface area contributed by atoms with Crippen LogP contribution in [-0.2, 0) is 37.3 Å². The molecule has 4 aromatic heterocycles. The van der Waals surface area contributed by atoms with E-state index in [0.717, 1.165) is 23.0 Å². The molecule has 0 saturated carbocycles. The average Bonchev–Trinajstić information content (AvgIpc) is 3.44. The third kappa shape index (κ3) is 5.22. The summed E-state index contributed by atoms with van der Waals surface area (Å²) in [6.45, 7) is 17.4. The van der Waals surface area contributed by atoms with Gasteiger partial charge < -0.3 is 0 Å². The van der Waals surface area contributed by atoms with Gasteiger partial charge in [-0.25, -0.2) is 19.3 Å². The topological polar surface area (TPSA) is 61.4 Å². The molecule has 0 atom stereocenters. The summed E-state index contributed by atoms with van der Waals surface area (Å²) < 4.78 is 3.70. The standard InChI is InChI=1S/C27H34N6.Pt/c1-25(2,3)19-15-28-32(17-19)23-13-9-11-21(30-23)27(7,8)22-12-10-14-24(31-22)33-18-20(16-29-33)26(4,5)6;/h9-18H,1-8H3;. The van der Waals surface area contributed by atoms with Crippen molar-refractivity contribution >= 4 is 0 Å². The number of hydrogen-bond donors (Lipinski definition) is 0. The number of aromatic nitrogens is 6. The van der Waals surface area contributed by atoms with E-state index in [-0.39, 0.29) is 31.9 Å². The van der Waals surface area contributed by atoms with Crippen LogP contribution in [0.25, 0.3) is 11.6 Å². The summed E-state index contributed by atoms with van der Waals surface area (Å²) >= 11 is 0. The Hall–Kier alpha value is -2.59. The number of pyridine rings is 2. The number of nitrogens with zero attached hydrogens (tertiary/aromatic N) is 6. The van der Waals surface area contributed by atoms with E-state index in [1.807, 2.05) is 46.0 Å². The summed E-state index contributed by atoms with van der Waals surface area (Å²) in [6.07, 6.45) is 7.95. The minimum Gasteiger partial charge on any atom is -0.233 e. The quantitative estimate of drug-likeness (QED) is 0.285. The first-order valence-electron chi connectivity index (χ1n) is 11.4. The van der Waals surface area contributed by atoms with Gasteiger partial charge in [0.1, 0.15) is 0 Å². The van der Waals surface area contributed by atoms with Crippen LogP contribution in [0.5, 0.6) is 0 Å². The normalized spacial score (nSPS) is 12.5. The molecular weight excluding hydrogens is 603 g/mol. The van der Waals surface area contributed by atoms with Gasteiger partial charge in [-0.3, -0.25) is 0 Å². The van der Waals surface area contributed by atoms with Crippen molar-refractivity contribution in [3.8, 4) is 11.6 Å². The molecule has 182 valence electrons. The molecule has 4 heterocycles. The van der Waals surface area contributed by atoms with Crippen molar-refractivity contribution in [2.24, 2.45) is 0 Å². The van der Waals surface area contributed by atoms with E-state index in [1.54, 1.807) is 0 Å². The summed E-state index contributed by atoms with van der Waals surface area (Å²) in [7, 11) is 0. The molecular formula is C27H34N6Pt. The molecule has 0 spiro atoms. The molecule has 0 N–H and O–H groups in total. The SMILES string of the molecule is CC(C)(C)c1cnn(-c2cccc(C(C)(C)c3cccc(-n4cc(C(C)(C)C)cn4)n3)n2)c1.[Pt]. The average molecular weight is 638 g/mol. The van der Waals surface area contributed by atoms with Crippen LogP contribution in [0.1, 0.15) is 77.9 Å². The largest absolute Gasteiger partial charge is 0.233 e. The molecule has 0 aliphatic heterocycles. The zero-order valence-electron chi connectivity index (χ0n) is 21.3. The van der Waals surface area contributed by atoms with Crippen molar-refractivity contribution in [1.82, 2.24) is 29.5 Å². The fourth-order valence-corrected chi connectivity index (χ4v) is 3.60. The fourth-order valence-electron chi connectivity index (χ4n) is 3.60. The Morgan fingerprint density at radius 3 is 1.29 bits per heavy atom. The van der Waals surface area contributed by atoms with Gasteiger partial charge in [0.15, 0.2) is 11.6 Å². The van der Waals surface area contributed by atoms with Gasteiger partial charge in [0.25, 0.3) is 0 Å². The summed E-state index contributed by atoms with van der Waals surface area (Å²) in [5.41, 5.74) is 3.92. The maximum absolute atomic E-state index is 4.96. The second-order valence-corrected chi connectivity index (χ2v) is 11.2. The zero-order chi connectivity index (χ0) is 24.0. The van der Waals surface area contributed by atoms with Crippen LogP contribution >= 0.6 is 0 Å². The van der Waals surface area contributed by atoms with Crippen LogP contribution in [0.3, 0.4) is 0 Å². The molecule has 0 aliphatic carbocycles. The Morgan fingerprint density at radius 1 is 0.588 bits per heavy atom. The molecule has 7 heteroatoms. The Morgan fingerprint density at radius 2 is 0.971 bits per heavy atom. The molecule has 0 bridgehead atoms. The molecule has 0 unspecified atom stereocenters. The van der Waals surface area contributed by atoms with Crippen LogP contribution in [0.4, 0.5) is 0 Å². The zero-order valence-corrected chi connectivity index (χ0v) is 23.5. The van der Waals surface area contributed by atoms with E-state index in [9.17, 15) is 0 Å². The van der Waals surface area contributed by atoms with Crippen molar-refractivity contribution in [3.63, 3.8) is 0 Å². The van der Waals surface area contributed by atoms with E-state index in [2.05, 4.69) is 90.1 Å². The van der Waals surface area contributed by atoms with Crippen LogP contribution < -0.4 is 0 Å². The van der Waals surface area contributed by atoms with E-state index in [0.29, 0.717) is 0 Å². The van der Waals surface area contributed by atoms with Gasteiger partial charge >= 0.3 is 0 Å². The summed E-state index contributed by atoms with van der Waals surface area (Å²) in [5, 5.41) is 9.10. The van der Waals surface area contributed by atoms with Crippen molar-refractivity contribution in [3.05, 3.63) is 83.7 Å². The first-order valence-corrected chi connectivity index (χ1v) is 11.4. The predicted molar refractivity (Wildman–Crippen MR) is 132 cm³/mol. The number of rotatable bonds is 4. The smallest absolute Gasteiger partial charge is 0.153 e. The Labute approximate surface area is 217 Å².